The molecule has 6 heteroatoms. The third-order valence-electron chi connectivity index (χ3n) is 3.44. The minimum absolute atomic E-state index is 0.00484. The van der Waals surface area contributed by atoms with Crippen LogP contribution in [0.15, 0.2) is 18.2 Å². The Hall–Kier alpha value is -1.69. The quantitative estimate of drug-likeness (QED) is 0.897. The molecular formula is C14H17F2NO3. The molecule has 0 bridgehead atoms. The Morgan fingerprint density at radius 2 is 2.20 bits per heavy atom. The molecule has 1 aromatic rings. The standard InChI is InChI=1S/C14H17F2NO3/c1-9(19)17-6-11(7-17)4-10-2-3-13(20-14(15)16)12(5-10)8-18/h2-3,5,11,14,18H,4,6-8H2,1H3. The Morgan fingerprint density at radius 3 is 2.75 bits per heavy atom. The molecule has 20 heavy (non-hydrogen) atoms. The fourth-order valence-corrected chi connectivity index (χ4v) is 2.38. The number of carbonyl (C=O) groups is 1. The molecule has 0 aromatic heterocycles. The van der Waals surface area contributed by atoms with Crippen molar-refractivity contribution in [3.05, 3.63) is 29.3 Å². The number of ether oxygens (including phenoxy) is 1. The van der Waals surface area contributed by atoms with Gasteiger partial charge in [-0.05, 0) is 30.0 Å². The van der Waals surface area contributed by atoms with Crippen molar-refractivity contribution in [3.8, 4) is 5.75 Å². The van der Waals surface area contributed by atoms with Gasteiger partial charge < -0.3 is 14.7 Å². The van der Waals surface area contributed by atoms with Crippen molar-refractivity contribution < 1.29 is 23.4 Å². The zero-order chi connectivity index (χ0) is 14.7. The molecule has 1 aliphatic rings. The third-order valence-corrected chi connectivity index (χ3v) is 3.44. The molecule has 4 nitrogen and oxygen atoms in total. The number of nitrogens with zero attached hydrogens (tertiary/aromatic N) is 1. The lowest BCUT2D eigenvalue weighted by molar-refractivity contribution is -0.134. The first kappa shape index (κ1) is 14.7. The molecule has 0 unspecified atom stereocenters. The number of halogens is 2. The van der Waals surface area contributed by atoms with E-state index in [-0.39, 0.29) is 18.3 Å². The Morgan fingerprint density at radius 1 is 1.50 bits per heavy atom. The van der Waals surface area contributed by atoms with Crippen LogP contribution in [-0.2, 0) is 17.8 Å². The van der Waals surface area contributed by atoms with Crippen LogP contribution in [-0.4, -0.2) is 35.6 Å². The number of hydrogen-bond acceptors (Lipinski definition) is 3. The Bertz CT molecular complexity index is 487. The van der Waals surface area contributed by atoms with E-state index in [0.717, 1.165) is 25.1 Å². The molecule has 1 saturated heterocycles. The molecule has 1 aliphatic heterocycles. The normalized spacial score (nSPS) is 15.3. The minimum atomic E-state index is -2.90. The zero-order valence-electron chi connectivity index (χ0n) is 11.2. The summed E-state index contributed by atoms with van der Waals surface area (Å²) in [6.45, 7) is -0.267. The van der Waals surface area contributed by atoms with Crippen LogP contribution in [0.5, 0.6) is 5.75 Å². The van der Waals surface area contributed by atoms with Gasteiger partial charge in [-0.3, -0.25) is 4.79 Å². The molecule has 110 valence electrons. The van der Waals surface area contributed by atoms with Gasteiger partial charge in [0.15, 0.2) is 0 Å². The number of amides is 1. The smallest absolute Gasteiger partial charge is 0.387 e. The molecule has 0 spiro atoms. The lowest BCUT2D eigenvalue weighted by Crippen LogP contribution is -2.49. The zero-order valence-corrected chi connectivity index (χ0v) is 11.2. The molecule has 0 radical (unpaired) electrons. The summed E-state index contributed by atoms with van der Waals surface area (Å²) in [5.41, 5.74) is 1.30. The van der Waals surface area contributed by atoms with E-state index in [1.54, 1.807) is 17.0 Å². The summed E-state index contributed by atoms with van der Waals surface area (Å²) < 4.78 is 28.7. The van der Waals surface area contributed by atoms with Gasteiger partial charge in [0.25, 0.3) is 0 Å². The highest BCUT2D eigenvalue weighted by atomic mass is 19.3. The van der Waals surface area contributed by atoms with Crippen molar-refractivity contribution in [2.24, 2.45) is 5.92 Å². The fraction of sp³-hybridized carbons (Fsp3) is 0.500. The third kappa shape index (κ3) is 3.45. The van der Waals surface area contributed by atoms with Crippen molar-refractivity contribution in [2.75, 3.05) is 13.1 Å². The van der Waals surface area contributed by atoms with Crippen LogP contribution in [0.1, 0.15) is 18.1 Å². The van der Waals surface area contributed by atoms with Gasteiger partial charge in [0.1, 0.15) is 5.75 Å². The van der Waals surface area contributed by atoms with E-state index < -0.39 is 6.61 Å². The molecule has 0 aliphatic carbocycles. The number of rotatable bonds is 5. The van der Waals surface area contributed by atoms with Crippen molar-refractivity contribution in [3.63, 3.8) is 0 Å². The predicted octanol–water partition coefficient (Wildman–Crippen LogP) is 1.80. The minimum Gasteiger partial charge on any atom is -0.434 e. The Labute approximate surface area is 116 Å². The monoisotopic (exact) mass is 285 g/mol. The summed E-state index contributed by atoms with van der Waals surface area (Å²) in [5, 5.41) is 9.20. The summed E-state index contributed by atoms with van der Waals surface area (Å²) in [7, 11) is 0. The van der Waals surface area contributed by atoms with Gasteiger partial charge in [-0.1, -0.05) is 6.07 Å². The summed E-state index contributed by atoms with van der Waals surface area (Å²) in [4.78, 5) is 12.8. The highest BCUT2D eigenvalue weighted by Gasteiger charge is 2.28. The van der Waals surface area contributed by atoms with Crippen LogP contribution in [0.4, 0.5) is 8.78 Å². The van der Waals surface area contributed by atoms with Crippen LogP contribution in [0.3, 0.4) is 0 Å². The molecule has 1 N–H and O–H groups in total. The van der Waals surface area contributed by atoms with Gasteiger partial charge in [0, 0.05) is 25.6 Å². The maximum Gasteiger partial charge on any atom is 0.387 e. The summed E-state index contributed by atoms with van der Waals surface area (Å²) >= 11 is 0. The summed E-state index contributed by atoms with van der Waals surface area (Å²) in [6, 6.07) is 4.84. The molecule has 1 heterocycles. The van der Waals surface area contributed by atoms with Crippen molar-refractivity contribution >= 4 is 5.91 Å². The van der Waals surface area contributed by atoms with E-state index in [2.05, 4.69) is 4.74 Å². The number of aliphatic hydroxyl groups excluding tert-OH is 1. The predicted molar refractivity (Wildman–Crippen MR) is 68.4 cm³/mol. The van der Waals surface area contributed by atoms with E-state index in [1.165, 1.54) is 13.0 Å². The SMILES string of the molecule is CC(=O)N1CC(Cc2ccc(OC(F)F)c(CO)c2)C1. The number of aliphatic hydroxyl groups is 1. The van der Waals surface area contributed by atoms with Gasteiger partial charge in [0.2, 0.25) is 5.91 Å². The van der Waals surface area contributed by atoms with Crippen LogP contribution < -0.4 is 4.74 Å². The second-order valence-corrected chi connectivity index (χ2v) is 4.97. The first-order valence-corrected chi connectivity index (χ1v) is 6.42. The van der Waals surface area contributed by atoms with E-state index >= 15 is 0 Å². The van der Waals surface area contributed by atoms with E-state index in [1.807, 2.05) is 0 Å². The number of alkyl halides is 2. The maximum absolute atomic E-state index is 12.2. The molecule has 1 fully saturated rings. The van der Waals surface area contributed by atoms with Crippen LogP contribution in [0.2, 0.25) is 0 Å². The van der Waals surface area contributed by atoms with E-state index in [4.69, 9.17) is 0 Å². The van der Waals surface area contributed by atoms with E-state index in [9.17, 15) is 18.7 Å². The lowest BCUT2D eigenvalue weighted by atomic mass is 9.91. The molecule has 0 saturated carbocycles. The topological polar surface area (TPSA) is 49.8 Å². The van der Waals surface area contributed by atoms with Gasteiger partial charge in [-0.25, -0.2) is 0 Å². The second kappa shape index (κ2) is 6.17. The number of hydrogen-bond donors (Lipinski definition) is 1. The molecule has 0 atom stereocenters. The Kier molecular flexibility index (Phi) is 4.54. The summed E-state index contributed by atoms with van der Waals surface area (Å²) in [5.74, 6) is 0.454. The van der Waals surface area contributed by atoms with Gasteiger partial charge in [-0.2, -0.15) is 8.78 Å². The number of benzene rings is 1. The number of likely N-dealkylation sites (tertiary alicyclic amines) is 1. The lowest BCUT2D eigenvalue weighted by Gasteiger charge is -2.38. The van der Waals surface area contributed by atoms with Gasteiger partial charge in [0.05, 0.1) is 6.61 Å². The Balaban J connectivity index is 1.98. The highest BCUT2D eigenvalue weighted by Crippen LogP contribution is 2.26. The van der Waals surface area contributed by atoms with Crippen molar-refractivity contribution in [2.45, 2.75) is 26.6 Å². The maximum atomic E-state index is 12.2. The first-order valence-electron chi connectivity index (χ1n) is 6.42. The van der Waals surface area contributed by atoms with Gasteiger partial charge >= 0.3 is 6.61 Å². The van der Waals surface area contributed by atoms with Crippen LogP contribution >= 0.6 is 0 Å². The van der Waals surface area contributed by atoms with Crippen LogP contribution in [0, 0.1) is 5.92 Å². The molecule has 1 amide bonds. The van der Waals surface area contributed by atoms with Crippen molar-refractivity contribution in [1.29, 1.82) is 0 Å². The average Bonchev–Trinajstić information content (AvgIpc) is 2.33. The largest absolute Gasteiger partial charge is 0.434 e. The summed E-state index contributed by atoms with van der Waals surface area (Å²) in [6.07, 6.45) is 0.756. The fourth-order valence-electron chi connectivity index (χ4n) is 2.38. The average molecular weight is 285 g/mol. The second-order valence-electron chi connectivity index (χ2n) is 4.97. The molecular weight excluding hydrogens is 268 g/mol. The highest BCUT2D eigenvalue weighted by molar-refractivity contribution is 5.74. The first-order chi connectivity index (χ1) is 9.49. The van der Waals surface area contributed by atoms with Crippen molar-refractivity contribution in [1.82, 2.24) is 4.90 Å². The van der Waals surface area contributed by atoms with Crippen LogP contribution in [0.25, 0.3) is 0 Å². The molecule has 2 rings (SSSR count). The molecule has 1 aromatic carbocycles. The van der Waals surface area contributed by atoms with Gasteiger partial charge in [-0.15, -0.1) is 0 Å². The number of carbonyl (C=O) groups excluding carboxylic acids is 1. The van der Waals surface area contributed by atoms with E-state index in [0.29, 0.717) is 11.5 Å².